The molecule has 0 aliphatic carbocycles. The maximum atomic E-state index is 12.5. The highest BCUT2D eigenvalue weighted by Gasteiger charge is 2.17. The SMILES string of the molecule is O=C(Nc1ccc2oc(-c3cccc(Br)c3)nc2c1)c1ccc(Cl)c([N+](=O)[O-])c1. The zero-order chi connectivity index (χ0) is 20.5. The monoisotopic (exact) mass is 471 g/mol. The van der Waals surface area contributed by atoms with E-state index in [9.17, 15) is 14.9 Å². The van der Waals surface area contributed by atoms with Crippen LogP contribution >= 0.6 is 27.5 Å². The van der Waals surface area contributed by atoms with Crippen LogP contribution in [-0.2, 0) is 0 Å². The zero-order valence-electron chi connectivity index (χ0n) is 14.6. The van der Waals surface area contributed by atoms with Crippen molar-refractivity contribution in [3.8, 4) is 11.5 Å². The van der Waals surface area contributed by atoms with E-state index >= 15 is 0 Å². The zero-order valence-corrected chi connectivity index (χ0v) is 16.9. The van der Waals surface area contributed by atoms with Crippen LogP contribution in [0.2, 0.25) is 5.02 Å². The highest BCUT2D eigenvalue weighted by Crippen LogP contribution is 2.29. The Morgan fingerprint density at radius 1 is 1.14 bits per heavy atom. The van der Waals surface area contributed by atoms with Gasteiger partial charge in [0.1, 0.15) is 10.5 Å². The number of halogens is 2. The first-order valence-electron chi connectivity index (χ1n) is 8.32. The summed E-state index contributed by atoms with van der Waals surface area (Å²) in [5.41, 5.74) is 2.23. The third-order valence-electron chi connectivity index (χ3n) is 4.12. The van der Waals surface area contributed by atoms with Crippen molar-refractivity contribution in [3.63, 3.8) is 0 Å². The van der Waals surface area contributed by atoms with Crippen LogP contribution in [0.3, 0.4) is 0 Å². The smallest absolute Gasteiger partial charge is 0.288 e. The third kappa shape index (κ3) is 3.98. The van der Waals surface area contributed by atoms with Crippen molar-refractivity contribution >= 4 is 55.9 Å². The lowest BCUT2D eigenvalue weighted by Crippen LogP contribution is -2.12. The van der Waals surface area contributed by atoms with Crippen molar-refractivity contribution < 1.29 is 14.1 Å². The number of fused-ring (bicyclic) bond motifs is 1. The van der Waals surface area contributed by atoms with E-state index in [2.05, 4.69) is 26.2 Å². The molecule has 1 aromatic heterocycles. The molecule has 1 amide bonds. The summed E-state index contributed by atoms with van der Waals surface area (Å²) in [5, 5.41) is 13.7. The maximum absolute atomic E-state index is 12.5. The number of carbonyl (C=O) groups is 1. The standard InChI is InChI=1S/C20H11BrClN3O4/c21-13-3-1-2-12(8-13)20-24-16-10-14(5-7-18(16)29-20)23-19(26)11-4-6-15(22)17(9-11)25(27)28/h1-10H,(H,23,26). The fourth-order valence-corrected chi connectivity index (χ4v) is 3.33. The number of nitro benzene ring substituents is 1. The normalized spacial score (nSPS) is 10.8. The lowest BCUT2D eigenvalue weighted by molar-refractivity contribution is -0.384. The van der Waals surface area contributed by atoms with E-state index in [1.807, 2.05) is 24.3 Å². The Labute approximate surface area is 177 Å². The van der Waals surface area contributed by atoms with Gasteiger partial charge in [-0.3, -0.25) is 14.9 Å². The number of hydrogen-bond acceptors (Lipinski definition) is 5. The predicted octanol–water partition coefficient (Wildman–Crippen LogP) is 6.07. The Hall–Kier alpha value is -3.23. The minimum Gasteiger partial charge on any atom is -0.436 e. The van der Waals surface area contributed by atoms with Crippen molar-refractivity contribution in [1.82, 2.24) is 4.98 Å². The molecule has 3 aromatic carbocycles. The van der Waals surface area contributed by atoms with Gasteiger partial charge in [-0.2, -0.15) is 0 Å². The third-order valence-corrected chi connectivity index (χ3v) is 4.93. The Morgan fingerprint density at radius 3 is 2.72 bits per heavy atom. The van der Waals surface area contributed by atoms with Crippen LogP contribution in [0, 0.1) is 10.1 Å². The van der Waals surface area contributed by atoms with Gasteiger partial charge >= 0.3 is 0 Å². The number of amides is 1. The summed E-state index contributed by atoms with van der Waals surface area (Å²) in [6.45, 7) is 0. The molecule has 0 bridgehead atoms. The van der Waals surface area contributed by atoms with Crippen LogP contribution in [0.1, 0.15) is 10.4 Å². The Kier molecular flexibility index (Phi) is 5.04. The van der Waals surface area contributed by atoms with Gasteiger partial charge in [0.15, 0.2) is 5.58 Å². The summed E-state index contributed by atoms with van der Waals surface area (Å²) in [6.07, 6.45) is 0. The topological polar surface area (TPSA) is 98.3 Å². The molecule has 0 aliphatic rings. The number of oxazole rings is 1. The lowest BCUT2D eigenvalue weighted by Gasteiger charge is -2.05. The van der Waals surface area contributed by atoms with Crippen LogP contribution in [0.5, 0.6) is 0 Å². The van der Waals surface area contributed by atoms with Crippen LogP contribution < -0.4 is 5.32 Å². The summed E-state index contributed by atoms with van der Waals surface area (Å²) in [7, 11) is 0. The minimum atomic E-state index is -0.635. The van der Waals surface area contributed by atoms with E-state index in [1.165, 1.54) is 12.1 Å². The van der Waals surface area contributed by atoms with Gasteiger partial charge in [0.2, 0.25) is 5.89 Å². The highest BCUT2D eigenvalue weighted by molar-refractivity contribution is 9.10. The highest BCUT2D eigenvalue weighted by atomic mass is 79.9. The van der Waals surface area contributed by atoms with Crippen LogP contribution in [0.15, 0.2) is 69.6 Å². The van der Waals surface area contributed by atoms with Gasteiger partial charge in [0.25, 0.3) is 11.6 Å². The van der Waals surface area contributed by atoms with Crippen molar-refractivity contribution in [3.05, 3.63) is 85.8 Å². The Bertz CT molecular complexity index is 1270. The van der Waals surface area contributed by atoms with Gasteiger partial charge in [0, 0.05) is 27.4 Å². The van der Waals surface area contributed by atoms with E-state index in [0.29, 0.717) is 22.7 Å². The largest absolute Gasteiger partial charge is 0.436 e. The van der Waals surface area contributed by atoms with E-state index in [1.54, 1.807) is 18.2 Å². The van der Waals surface area contributed by atoms with E-state index in [-0.39, 0.29) is 16.3 Å². The summed E-state index contributed by atoms with van der Waals surface area (Å²) in [6, 6.07) is 16.5. The number of anilines is 1. The Morgan fingerprint density at radius 2 is 1.97 bits per heavy atom. The fraction of sp³-hybridized carbons (Fsp3) is 0. The summed E-state index contributed by atoms with van der Waals surface area (Å²) in [4.78, 5) is 27.3. The molecule has 0 saturated carbocycles. The second kappa shape index (κ2) is 7.65. The van der Waals surface area contributed by atoms with Gasteiger partial charge in [-0.1, -0.05) is 33.6 Å². The molecule has 144 valence electrons. The lowest BCUT2D eigenvalue weighted by atomic mass is 10.2. The van der Waals surface area contributed by atoms with Gasteiger partial charge in [-0.25, -0.2) is 4.98 Å². The second-order valence-electron chi connectivity index (χ2n) is 6.09. The molecule has 0 saturated heterocycles. The number of rotatable bonds is 4. The molecule has 0 radical (unpaired) electrons. The quantitative estimate of drug-likeness (QED) is 0.287. The molecule has 0 spiro atoms. The molecule has 0 aliphatic heterocycles. The number of nitro groups is 1. The molecule has 9 heteroatoms. The van der Waals surface area contributed by atoms with Crippen molar-refractivity contribution in [2.75, 3.05) is 5.32 Å². The molecule has 4 rings (SSSR count). The number of carbonyl (C=O) groups excluding carboxylic acids is 1. The van der Waals surface area contributed by atoms with Crippen molar-refractivity contribution in [2.45, 2.75) is 0 Å². The second-order valence-corrected chi connectivity index (χ2v) is 7.41. The summed E-state index contributed by atoms with van der Waals surface area (Å²) < 4.78 is 6.68. The van der Waals surface area contributed by atoms with Gasteiger partial charge in [-0.05, 0) is 48.5 Å². The number of nitrogens with zero attached hydrogens (tertiary/aromatic N) is 2. The first kappa shape index (κ1) is 19.1. The molecule has 7 nitrogen and oxygen atoms in total. The van der Waals surface area contributed by atoms with Crippen LogP contribution in [0.4, 0.5) is 11.4 Å². The molecule has 0 unspecified atom stereocenters. The van der Waals surface area contributed by atoms with E-state index in [4.69, 9.17) is 16.0 Å². The van der Waals surface area contributed by atoms with Gasteiger partial charge in [0.05, 0.1) is 4.92 Å². The van der Waals surface area contributed by atoms with Gasteiger partial charge in [-0.15, -0.1) is 0 Å². The van der Waals surface area contributed by atoms with Crippen LogP contribution in [-0.4, -0.2) is 15.8 Å². The van der Waals surface area contributed by atoms with E-state index in [0.717, 1.165) is 16.1 Å². The van der Waals surface area contributed by atoms with E-state index < -0.39 is 10.8 Å². The number of benzene rings is 3. The molecule has 0 fully saturated rings. The minimum absolute atomic E-state index is 0.0318. The van der Waals surface area contributed by atoms with Gasteiger partial charge < -0.3 is 9.73 Å². The first-order valence-corrected chi connectivity index (χ1v) is 9.49. The number of aromatic nitrogens is 1. The molecule has 1 heterocycles. The molecule has 4 aromatic rings. The number of hydrogen-bond donors (Lipinski definition) is 1. The average molecular weight is 473 g/mol. The summed E-state index contributed by atoms with van der Waals surface area (Å²) >= 11 is 9.20. The molecular weight excluding hydrogens is 462 g/mol. The molecule has 0 atom stereocenters. The Balaban J connectivity index is 1.61. The maximum Gasteiger partial charge on any atom is 0.288 e. The molecule has 29 heavy (non-hydrogen) atoms. The van der Waals surface area contributed by atoms with Crippen molar-refractivity contribution in [2.24, 2.45) is 0 Å². The number of nitrogens with one attached hydrogen (secondary N) is 1. The summed E-state index contributed by atoms with van der Waals surface area (Å²) in [5.74, 6) is -0.0436. The first-order chi connectivity index (χ1) is 13.9. The fourth-order valence-electron chi connectivity index (χ4n) is 2.75. The molecule has 1 N–H and O–H groups in total. The molecular formula is C20H11BrClN3O4. The van der Waals surface area contributed by atoms with Crippen molar-refractivity contribution in [1.29, 1.82) is 0 Å². The van der Waals surface area contributed by atoms with Crippen LogP contribution in [0.25, 0.3) is 22.6 Å². The predicted molar refractivity (Wildman–Crippen MR) is 113 cm³/mol. The average Bonchev–Trinajstić information content (AvgIpc) is 3.11.